The van der Waals surface area contributed by atoms with Crippen molar-refractivity contribution in [2.45, 2.75) is 38.1 Å². The van der Waals surface area contributed by atoms with Gasteiger partial charge in [0.15, 0.2) is 0 Å². The Morgan fingerprint density at radius 2 is 2.16 bits per heavy atom. The number of hydrogen-bond acceptors (Lipinski definition) is 6. The minimum atomic E-state index is 0.316. The SMILES string of the molecule is CN(Cc1cncnc1)[C@@H]1CN(Cc2ccco2)C[C@@H]2CCCO[C@@H]21. The van der Waals surface area contributed by atoms with Crippen LogP contribution in [0.1, 0.15) is 24.2 Å². The molecule has 6 heteroatoms. The first-order valence-electron chi connectivity index (χ1n) is 9.10. The third-order valence-electron chi connectivity index (χ3n) is 5.38. The highest BCUT2D eigenvalue weighted by Gasteiger charge is 2.41. The van der Waals surface area contributed by atoms with E-state index in [4.69, 9.17) is 9.15 Å². The minimum absolute atomic E-state index is 0.316. The molecule has 6 nitrogen and oxygen atoms in total. The molecule has 2 saturated heterocycles. The highest BCUT2D eigenvalue weighted by Crippen LogP contribution is 2.32. The zero-order chi connectivity index (χ0) is 17.1. The topological polar surface area (TPSA) is 54.6 Å². The molecule has 25 heavy (non-hydrogen) atoms. The lowest BCUT2D eigenvalue weighted by Gasteiger charge is -2.48. The number of likely N-dealkylation sites (N-methyl/N-ethyl adjacent to an activating group) is 1. The molecule has 2 aromatic heterocycles. The van der Waals surface area contributed by atoms with Gasteiger partial charge in [0.1, 0.15) is 12.1 Å². The van der Waals surface area contributed by atoms with Crippen LogP contribution in [0.2, 0.25) is 0 Å². The highest BCUT2D eigenvalue weighted by atomic mass is 16.5. The molecule has 2 aliphatic heterocycles. The van der Waals surface area contributed by atoms with Gasteiger partial charge in [-0.25, -0.2) is 9.97 Å². The van der Waals surface area contributed by atoms with Gasteiger partial charge in [-0.15, -0.1) is 0 Å². The lowest BCUT2D eigenvalue weighted by molar-refractivity contribution is -0.113. The molecule has 0 radical (unpaired) electrons. The average molecular weight is 342 g/mol. The van der Waals surface area contributed by atoms with Crippen molar-refractivity contribution in [1.82, 2.24) is 19.8 Å². The van der Waals surface area contributed by atoms with Gasteiger partial charge in [-0.05, 0) is 37.9 Å². The number of piperidine rings is 1. The lowest BCUT2D eigenvalue weighted by atomic mass is 9.84. The van der Waals surface area contributed by atoms with E-state index >= 15 is 0 Å². The highest BCUT2D eigenvalue weighted by molar-refractivity contribution is 5.05. The van der Waals surface area contributed by atoms with Gasteiger partial charge in [-0.2, -0.15) is 0 Å². The molecular weight excluding hydrogens is 316 g/mol. The van der Waals surface area contributed by atoms with Gasteiger partial charge in [0.25, 0.3) is 0 Å². The van der Waals surface area contributed by atoms with Crippen LogP contribution in [-0.2, 0) is 17.8 Å². The lowest BCUT2D eigenvalue weighted by Crippen LogP contribution is -2.59. The molecule has 2 fully saturated rings. The number of likely N-dealkylation sites (tertiary alicyclic amines) is 1. The number of ether oxygens (including phenoxy) is 1. The molecule has 0 spiro atoms. The van der Waals surface area contributed by atoms with Gasteiger partial charge in [0, 0.05) is 50.2 Å². The van der Waals surface area contributed by atoms with Crippen molar-refractivity contribution < 1.29 is 9.15 Å². The molecule has 2 aromatic rings. The fourth-order valence-electron chi connectivity index (χ4n) is 4.22. The largest absolute Gasteiger partial charge is 0.468 e. The van der Waals surface area contributed by atoms with Crippen LogP contribution in [0.3, 0.4) is 0 Å². The normalized spacial score (nSPS) is 27.4. The molecule has 0 aromatic carbocycles. The standard InChI is InChI=1S/C19H26N4O2/c1-22(10-15-8-20-14-21-9-15)18-13-23(12-17-5-3-6-24-17)11-16-4-2-7-25-19(16)18/h3,5-6,8-9,14,16,18-19H,2,4,7,10-13H2,1H3/t16-,18+,19-/m0/s1. The van der Waals surface area contributed by atoms with Crippen molar-refractivity contribution in [1.29, 1.82) is 0 Å². The second kappa shape index (κ2) is 7.64. The third-order valence-corrected chi connectivity index (χ3v) is 5.38. The van der Waals surface area contributed by atoms with Gasteiger partial charge in [-0.3, -0.25) is 9.80 Å². The summed E-state index contributed by atoms with van der Waals surface area (Å²) in [6.45, 7) is 4.68. The summed E-state index contributed by atoms with van der Waals surface area (Å²) in [7, 11) is 2.18. The van der Waals surface area contributed by atoms with Crippen LogP contribution < -0.4 is 0 Å². The van der Waals surface area contributed by atoms with E-state index in [9.17, 15) is 0 Å². The minimum Gasteiger partial charge on any atom is -0.468 e. The molecule has 0 unspecified atom stereocenters. The molecule has 4 heterocycles. The fourth-order valence-corrected chi connectivity index (χ4v) is 4.22. The number of rotatable bonds is 5. The maximum Gasteiger partial charge on any atom is 0.117 e. The Kier molecular flexibility index (Phi) is 5.10. The molecule has 0 saturated carbocycles. The van der Waals surface area contributed by atoms with Crippen molar-refractivity contribution in [2.75, 3.05) is 26.7 Å². The molecule has 3 atom stereocenters. The van der Waals surface area contributed by atoms with E-state index in [0.29, 0.717) is 18.1 Å². The first kappa shape index (κ1) is 16.7. The van der Waals surface area contributed by atoms with Crippen molar-refractivity contribution in [3.05, 3.63) is 48.4 Å². The Hall–Kier alpha value is -1.76. The van der Waals surface area contributed by atoms with E-state index in [0.717, 1.165) is 44.1 Å². The van der Waals surface area contributed by atoms with Crippen LogP contribution in [0.5, 0.6) is 0 Å². The average Bonchev–Trinajstić information content (AvgIpc) is 3.15. The van der Waals surface area contributed by atoms with E-state index in [2.05, 4.69) is 32.9 Å². The summed E-state index contributed by atoms with van der Waals surface area (Å²) in [6.07, 6.45) is 9.85. The van der Waals surface area contributed by atoms with Gasteiger partial charge in [0.05, 0.1) is 18.9 Å². The zero-order valence-corrected chi connectivity index (χ0v) is 14.8. The summed E-state index contributed by atoms with van der Waals surface area (Å²) >= 11 is 0. The summed E-state index contributed by atoms with van der Waals surface area (Å²) in [5, 5.41) is 0. The third kappa shape index (κ3) is 3.92. The molecule has 134 valence electrons. The van der Waals surface area contributed by atoms with Gasteiger partial charge < -0.3 is 9.15 Å². The maximum atomic E-state index is 6.21. The summed E-state index contributed by atoms with van der Waals surface area (Å²) in [6, 6.07) is 4.39. The van der Waals surface area contributed by atoms with E-state index in [1.807, 2.05) is 18.5 Å². The zero-order valence-electron chi connectivity index (χ0n) is 14.8. The van der Waals surface area contributed by atoms with Crippen LogP contribution in [0, 0.1) is 5.92 Å². The van der Waals surface area contributed by atoms with Crippen LogP contribution in [0.25, 0.3) is 0 Å². The van der Waals surface area contributed by atoms with Crippen molar-refractivity contribution in [3.8, 4) is 0 Å². The molecule has 0 bridgehead atoms. The number of nitrogens with zero attached hydrogens (tertiary/aromatic N) is 4. The van der Waals surface area contributed by atoms with E-state index in [1.165, 1.54) is 12.8 Å². The Labute approximate surface area is 148 Å². The summed E-state index contributed by atoms with van der Waals surface area (Å²) in [5.74, 6) is 1.63. The van der Waals surface area contributed by atoms with Crippen molar-refractivity contribution in [2.24, 2.45) is 5.92 Å². The molecule has 2 aliphatic rings. The van der Waals surface area contributed by atoms with Gasteiger partial charge >= 0.3 is 0 Å². The van der Waals surface area contributed by atoms with E-state index in [1.54, 1.807) is 12.6 Å². The van der Waals surface area contributed by atoms with Crippen LogP contribution in [0.15, 0.2) is 41.5 Å². The summed E-state index contributed by atoms with van der Waals surface area (Å²) < 4.78 is 11.8. The van der Waals surface area contributed by atoms with Crippen LogP contribution in [-0.4, -0.2) is 58.7 Å². The van der Waals surface area contributed by atoms with Gasteiger partial charge in [0.2, 0.25) is 0 Å². The summed E-state index contributed by atoms with van der Waals surface area (Å²) in [4.78, 5) is 13.2. The van der Waals surface area contributed by atoms with E-state index < -0.39 is 0 Å². The van der Waals surface area contributed by atoms with Gasteiger partial charge in [-0.1, -0.05) is 0 Å². The Morgan fingerprint density at radius 3 is 2.96 bits per heavy atom. The van der Waals surface area contributed by atoms with Crippen LogP contribution in [0.4, 0.5) is 0 Å². The number of hydrogen-bond donors (Lipinski definition) is 0. The predicted molar refractivity (Wildman–Crippen MR) is 93.7 cm³/mol. The molecule has 0 aliphatic carbocycles. The second-order valence-electron chi connectivity index (χ2n) is 7.24. The predicted octanol–water partition coefficient (Wildman–Crippen LogP) is 2.18. The Balaban J connectivity index is 1.48. The Bertz CT molecular complexity index is 649. The maximum absolute atomic E-state index is 6.21. The smallest absolute Gasteiger partial charge is 0.117 e. The summed E-state index contributed by atoms with van der Waals surface area (Å²) in [5.41, 5.74) is 1.14. The molecular formula is C19H26N4O2. The van der Waals surface area contributed by atoms with E-state index in [-0.39, 0.29) is 0 Å². The number of fused-ring (bicyclic) bond motifs is 1. The van der Waals surface area contributed by atoms with Crippen molar-refractivity contribution >= 4 is 0 Å². The Morgan fingerprint density at radius 1 is 1.28 bits per heavy atom. The molecule has 0 amide bonds. The monoisotopic (exact) mass is 342 g/mol. The van der Waals surface area contributed by atoms with Crippen molar-refractivity contribution in [3.63, 3.8) is 0 Å². The quantitative estimate of drug-likeness (QED) is 0.830. The number of aromatic nitrogens is 2. The number of furan rings is 1. The molecule has 0 N–H and O–H groups in total. The first-order valence-corrected chi connectivity index (χ1v) is 9.10. The first-order chi connectivity index (χ1) is 12.3. The fraction of sp³-hybridized carbons (Fsp3) is 0.579. The van der Waals surface area contributed by atoms with Crippen LogP contribution >= 0.6 is 0 Å². The second-order valence-corrected chi connectivity index (χ2v) is 7.24. The molecule has 4 rings (SSSR count).